The minimum atomic E-state index is -3.94. The largest absolute Gasteiger partial charge is 0.370 e. The lowest BCUT2D eigenvalue weighted by Gasteiger charge is -2.04. The number of fused-ring (bicyclic) bond motifs is 1. The number of aromatic nitrogens is 3. The van der Waals surface area contributed by atoms with E-state index in [1.807, 2.05) is 0 Å². The van der Waals surface area contributed by atoms with Gasteiger partial charge in [0.15, 0.2) is 16.4 Å². The number of benzene rings is 1. The van der Waals surface area contributed by atoms with Crippen molar-refractivity contribution in [3.8, 4) is 0 Å². The summed E-state index contributed by atoms with van der Waals surface area (Å²) in [7, 11) is -2.37. The molecule has 0 saturated carbocycles. The fourth-order valence-electron chi connectivity index (χ4n) is 2.03. The molecule has 0 saturated heterocycles. The summed E-state index contributed by atoms with van der Waals surface area (Å²) in [5.74, 6) is -0.454. The van der Waals surface area contributed by atoms with Crippen LogP contribution in [0.1, 0.15) is 0 Å². The Kier molecular flexibility index (Phi) is 3.09. The van der Waals surface area contributed by atoms with Crippen molar-refractivity contribution < 1.29 is 12.8 Å². The van der Waals surface area contributed by atoms with Crippen molar-refractivity contribution in [1.29, 1.82) is 0 Å². The lowest BCUT2D eigenvalue weighted by atomic mass is 10.4. The van der Waals surface area contributed by atoms with Crippen molar-refractivity contribution in [2.75, 3.05) is 12.4 Å². The maximum atomic E-state index is 13.3. The summed E-state index contributed by atoms with van der Waals surface area (Å²) >= 11 is 0. The number of nitrogens with zero attached hydrogens (tertiary/aromatic N) is 3. The summed E-state index contributed by atoms with van der Waals surface area (Å²) in [6.07, 6.45) is 3.06. The lowest BCUT2D eigenvalue weighted by Crippen LogP contribution is -2.05. The molecule has 0 aliphatic heterocycles. The van der Waals surface area contributed by atoms with Gasteiger partial charge in [0.05, 0.1) is 4.90 Å². The van der Waals surface area contributed by atoms with Crippen LogP contribution in [0.15, 0.2) is 52.5 Å². The molecule has 0 aliphatic carbocycles. The van der Waals surface area contributed by atoms with Crippen molar-refractivity contribution in [3.63, 3.8) is 0 Å². The second-order valence-corrected chi connectivity index (χ2v) is 6.16. The van der Waals surface area contributed by atoms with Crippen LogP contribution in [0.3, 0.4) is 0 Å². The molecule has 0 radical (unpaired) electrons. The van der Waals surface area contributed by atoms with Gasteiger partial charge in [-0.25, -0.2) is 22.3 Å². The van der Waals surface area contributed by atoms with Gasteiger partial charge in [-0.15, -0.1) is 5.10 Å². The molecule has 0 unspecified atom stereocenters. The summed E-state index contributed by atoms with van der Waals surface area (Å²) < 4.78 is 40.2. The number of anilines is 1. The summed E-state index contributed by atoms with van der Waals surface area (Å²) in [6, 6.07) is 6.48. The number of hydrogen-bond donors (Lipinski definition) is 1. The highest BCUT2D eigenvalue weighted by Gasteiger charge is 2.28. The predicted molar refractivity (Wildman–Crippen MR) is 74.4 cm³/mol. The van der Waals surface area contributed by atoms with Gasteiger partial charge >= 0.3 is 0 Å². The third kappa shape index (κ3) is 2.13. The third-order valence-corrected chi connectivity index (χ3v) is 4.75. The quantitative estimate of drug-likeness (QED) is 0.797. The minimum absolute atomic E-state index is 0.0730. The molecule has 6 nitrogen and oxygen atoms in total. The molecule has 8 heteroatoms. The molecule has 0 fully saturated rings. The van der Waals surface area contributed by atoms with E-state index in [1.54, 1.807) is 19.3 Å². The standard InChI is InChI=1S/C13H11FN4O2S/c1-15-12-11(13-16-6-3-7-18(13)17-12)21(19,20)10-5-2-4-9(14)8-10/h2-8H,1H3,(H,15,17). The molecule has 0 aliphatic rings. The van der Waals surface area contributed by atoms with E-state index < -0.39 is 15.7 Å². The average Bonchev–Trinajstić information content (AvgIpc) is 2.86. The van der Waals surface area contributed by atoms with Gasteiger partial charge in [-0.3, -0.25) is 0 Å². The fraction of sp³-hybridized carbons (Fsp3) is 0.0769. The first kappa shape index (κ1) is 13.5. The van der Waals surface area contributed by atoms with Gasteiger partial charge in [-0.05, 0) is 24.3 Å². The van der Waals surface area contributed by atoms with E-state index in [-0.39, 0.29) is 21.3 Å². The van der Waals surface area contributed by atoms with Gasteiger partial charge in [-0.1, -0.05) is 6.07 Å². The van der Waals surface area contributed by atoms with E-state index in [0.29, 0.717) is 0 Å². The molecule has 0 atom stereocenters. The van der Waals surface area contributed by atoms with Crippen LogP contribution in [-0.2, 0) is 9.84 Å². The maximum absolute atomic E-state index is 13.3. The number of rotatable bonds is 3. The first-order valence-corrected chi connectivity index (χ1v) is 7.54. The number of sulfone groups is 1. The zero-order valence-corrected chi connectivity index (χ0v) is 11.8. The second-order valence-electron chi connectivity index (χ2n) is 4.28. The molecule has 3 aromatic rings. The van der Waals surface area contributed by atoms with E-state index in [1.165, 1.54) is 28.9 Å². The first-order valence-electron chi connectivity index (χ1n) is 6.06. The predicted octanol–water partition coefficient (Wildman–Crippen LogP) is 1.74. The molecule has 0 bridgehead atoms. The molecule has 108 valence electrons. The van der Waals surface area contributed by atoms with Crippen LogP contribution in [0.4, 0.5) is 10.2 Å². The Morgan fingerprint density at radius 3 is 2.81 bits per heavy atom. The topological polar surface area (TPSA) is 76.4 Å². The normalized spacial score (nSPS) is 11.7. The third-order valence-electron chi connectivity index (χ3n) is 2.96. The Morgan fingerprint density at radius 2 is 2.10 bits per heavy atom. The Bertz CT molecular complexity index is 921. The van der Waals surface area contributed by atoms with Crippen LogP contribution in [-0.4, -0.2) is 30.1 Å². The molecular weight excluding hydrogens is 295 g/mol. The molecule has 21 heavy (non-hydrogen) atoms. The van der Waals surface area contributed by atoms with Crippen molar-refractivity contribution >= 4 is 21.3 Å². The molecule has 1 aromatic carbocycles. The lowest BCUT2D eigenvalue weighted by molar-refractivity contribution is 0.591. The van der Waals surface area contributed by atoms with E-state index in [0.717, 1.165) is 6.07 Å². The first-order chi connectivity index (χ1) is 10.0. The van der Waals surface area contributed by atoms with Crippen molar-refractivity contribution in [3.05, 3.63) is 48.5 Å². The van der Waals surface area contributed by atoms with Gasteiger partial charge in [0, 0.05) is 19.4 Å². The fourth-order valence-corrected chi connectivity index (χ4v) is 3.57. The molecule has 0 amide bonds. The number of halogens is 1. The van der Waals surface area contributed by atoms with Crippen molar-refractivity contribution in [2.45, 2.75) is 9.79 Å². The highest BCUT2D eigenvalue weighted by Crippen LogP contribution is 2.30. The zero-order chi connectivity index (χ0) is 15.0. The van der Waals surface area contributed by atoms with Gasteiger partial charge in [-0.2, -0.15) is 0 Å². The Balaban J connectivity index is 2.33. The highest BCUT2D eigenvalue weighted by atomic mass is 32.2. The SMILES string of the molecule is CNc1nn2cccnc2c1S(=O)(=O)c1cccc(F)c1. The van der Waals surface area contributed by atoms with Gasteiger partial charge in [0.2, 0.25) is 9.84 Å². The molecule has 2 aromatic heterocycles. The summed E-state index contributed by atoms with van der Waals surface area (Å²) in [5, 5.41) is 6.85. The van der Waals surface area contributed by atoms with E-state index in [2.05, 4.69) is 15.4 Å². The molecule has 3 rings (SSSR count). The van der Waals surface area contributed by atoms with E-state index >= 15 is 0 Å². The number of nitrogens with one attached hydrogen (secondary N) is 1. The summed E-state index contributed by atoms with van der Waals surface area (Å²) in [5.41, 5.74) is 0.186. The maximum Gasteiger partial charge on any atom is 0.214 e. The van der Waals surface area contributed by atoms with Gasteiger partial charge in [0.1, 0.15) is 5.82 Å². The zero-order valence-electron chi connectivity index (χ0n) is 11.0. The van der Waals surface area contributed by atoms with Crippen molar-refractivity contribution in [1.82, 2.24) is 14.6 Å². The van der Waals surface area contributed by atoms with Crippen molar-refractivity contribution in [2.24, 2.45) is 0 Å². The van der Waals surface area contributed by atoms with E-state index in [4.69, 9.17) is 0 Å². The van der Waals surface area contributed by atoms with E-state index in [9.17, 15) is 12.8 Å². The van der Waals surface area contributed by atoms with Gasteiger partial charge < -0.3 is 5.32 Å². The minimum Gasteiger partial charge on any atom is -0.370 e. The van der Waals surface area contributed by atoms with Crippen LogP contribution in [0, 0.1) is 5.82 Å². The average molecular weight is 306 g/mol. The molecule has 1 N–H and O–H groups in total. The Hall–Kier alpha value is -2.48. The Labute approximate surface area is 120 Å². The van der Waals surface area contributed by atoms with Crippen LogP contribution >= 0.6 is 0 Å². The molecule has 2 heterocycles. The summed E-state index contributed by atoms with van der Waals surface area (Å²) in [6.45, 7) is 0. The van der Waals surface area contributed by atoms with Gasteiger partial charge in [0.25, 0.3) is 0 Å². The van der Waals surface area contributed by atoms with Crippen LogP contribution < -0.4 is 5.32 Å². The summed E-state index contributed by atoms with van der Waals surface area (Å²) in [4.78, 5) is 3.84. The second kappa shape index (κ2) is 4.81. The molecular formula is C13H11FN4O2S. The van der Waals surface area contributed by atoms with Crippen LogP contribution in [0.5, 0.6) is 0 Å². The number of hydrogen-bond acceptors (Lipinski definition) is 5. The van der Waals surface area contributed by atoms with Crippen LogP contribution in [0.25, 0.3) is 5.65 Å². The highest BCUT2D eigenvalue weighted by molar-refractivity contribution is 7.91. The monoisotopic (exact) mass is 306 g/mol. The smallest absolute Gasteiger partial charge is 0.214 e. The molecule has 0 spiro atoms. The Morgan fingerprint density at radius 1 is 1.29 bits per heavy atom. The van der Waals surface area contributed by atoms with Crippen LogP contribution in [0.2, 0.25) is 0 Å².